The molecule has 1 atom stereocenters. The van der Waals surface area contributed by atoms with Crippen molar-refractivity contribution in [3.8, 4) is 0 Å². The van der Waals surface area contributed by atoms with Crippen LogP contribution in [0.5, 0.6) is 0 Å². The maximum absolute atomic E-state index is 4.61. The van der Waals surface area contributed by atoms with Crippen LogP contribution in [0.3, 0.4) is 0 Å². The summed E-state index contributed by atoms with van der Waals surface area (Å²) in [6.45, 7) is 7.10. The lowest BCUT2D eigenvalue weighted by atomic mass is 10.1. The van der Waals surface area contributed by atoms with E-state index in [9.17, 15) is 0 Å². The second kappa shape index (κ2) is 5.32. The van der Waals surface area contributed by atoms with E-state index in [1.807, 2.05) is 39.4 Å². The Labute approximate surface area is 119 Å². The molecule has 20 heavy (non-hydrogen) atoms. The highest BCUT2D eigenvalue weighted by molar-refractivity contribution is 5.12. The fourth-order valence-corrected chi connectivity index (χ4v) is 2.87. The van der Waals surface area contributed by atoms with Gasteiger partial charge in [0, 0.05) is 43.3 Å². The van der Waals surface area contributed by atoms with E-state index in [-0.39, 0.29) is 0 Å². The Morgan fingerprint density at radius 3 is 2.65 bits per heavy atom. The molecular weight excluding hydrogens is 250 g/mol. The summed E-state index contributed by atoms with van der Waals surface area (Å²) in [5.41, 5.74) is 2.13. The Morgan fingerprint density at radius 1 is 1.25 bits per heavy atom. The maximum atomic E-state index is 4.61. The molecule has 5 nitrogen and oxygen atoms in total. The summed E-state index contributed by atoms with van der Waals surface area (Å²) in [4.78, 5) is 16.0. The molecule has 2 aromatic rings. The van der Waals surface area contributed by atoms with Gasteiger partial charge < -0.3 is 4.57 Å². The fraction of sp³-hybridized carbons (Fsp3) is 0.533. The highest BCUT2D eigenvalue weighted by Crippen LogP contribution is 2.25. The van der Waals surface area contributed by atoms with Gasteiger partial charge in [0.25, 0.3) is 0 Å². The quantitative estimate of drug-likeness (QED) is 0.854. The van der Waals surface area contributed by atoms with Gasteiger partial charge in [0.2, 0.25) is 0 Å². The zero-order valence-electron chi connectivity index (χ0n) is 12.4. The van der Waals surface area contributed by atoms with Crippen molar-refractivity contribution in [2.24, 2.45) is 7.05 Å². The number of likely N-dealkylation sites (tertiary alicyclic amines) is 1. The van der Waals surface area contributed by atoms with Crippen LogP contribution in [0.15, 0.2) is 18.5 Å². The van der Waals surface area contributed by atoms with Gasteiger partial charge in [-0.2, -0.15) is 0 Å². The van der Waals surface area contributed by atoms with E-state index in [0.717, 1.165) is 49.1 Å². The summed E-state index contributed by atoms with van der Waals surface area (Å²) in [5.74, 6) is 2.57. The van der Waals surface area contributed by atoms with Gasteiger partial charge in [-0.15, -0.1) is 0 Å². The predicted octanol–water partition coefficient (Wildman–Crippen LogP) is 1.82. The van der Waals surface area contributed by atoms with Crippen molar-refractivity contribution < 1.29 is 0 Å². The molecule has 0 spiro atoms. The van der Waals surface area contributed by atoms with E-state index in [1.54, 1.807) is 0 Å². The van der Waals surface area contributed by atoms with E-state index in [1.165, 1.54) is 0 Å². The fourth-order valence-electron chi connectivity index (χ4n) is 2.87. The molecule has 0 saturated carbocycles. The number of imidazole rings is 1. The van der Waals surface area contributed by atoms with Crippen molar-refractivity contribution in [1.82, 2.24) is 24.4 Å². The topological polar surface area (TPSA) is 46.8 Å². The van der Waals surface area contributed by atoms with Crippen LogP contribution in [0.1, 0.15) is 35.4 Å². The smallest absolute Gasteiger partial charge is 0.133 e. The molecule has 1 fully saturated rings. The standard InChI is InChI=1S/C15H21N5/c1-11-8-12(2)18-15(17-11)13-4-6-20(9-13)10-14-16-5-7-19(14)3/h5,7-8,13H,4,6,9-10H2,1-3H3/t13-/m0/s1. The van der Waals surface area contributed by atoms with Crippen LogP contribution < -0.4 is 0 Å². The van der Waals surface area contributed by atoms with Gasteiger partial charge in [-0.1, -0.05) is 0 Å². The van der Waals surface area contributed by atoms with Crippen LogP contribution in [0.25, 0.3) is 0 Å². The van der Waals surface area contributed by atoms with Gasteiger partial charge in [-0.3, -0.25) is 4.90 Å². The molecule has 0 radical (unpaired) electrons. The lowest BCUT2D eigenvalue weighted by molar-refractivity contribution is 0.313. The van der Waals surface area contributed by atoms with E-state index >= 15 is 0 Å². The summed E-state index contributed by atoms with van der Waals surface area (Å²) in [5, 5.41) is 0. The summed E-state index contributed by atoms with van der Waals surface area (Å²) in [6.07, 6.45) is 4.99. The Kier molecular flexibility index (Phi) is 3.53. The van der Waals surface area contributed by atoms with Crippen LogP contribution in [-0.2, 0) is 13.6 Å². The van der Waals surface area contributed by atoms with Crippen molar-refractivity contribution >= 4 is 0 Å². The number of hydrogen-bond acceptors (Lipinski definition) is 4. The molecule has 1 aliphatic heterocycles. The van der Waals surface area contributed by atoms with Gasteiger partial charge in [0.05, 0.1) is 6.54 Å². The van der Waals surface area contributed by atoms with Gasteiger partial charge >= 0.3 is 0 Å². The van der Waals surface area contributed by atoms with Gasteiger partial charge in [0.15, 0.2) is 0 Å². The number of aryl methyl sites for hydroxylation is 3. The molecule has 3 heterocycles. The van der Waals surface area contributed by atoms with Crippen LogP contribution >= 0.6 is 0 Å². The average molecular weight is 271 g/mol. The van der Waals surface area contributed by atoms with Crippen molar-refractivity contribution in [3.05, 3.63) is 41.5 Å². The van der Waals surface area contributed by atoms with Gasteiger partial charge in [0.1, 0.15) is 11.6 Å². The lowest BCUT2D eigenvalue weighted by Crippen LogP contribution is -2.22. The van der Waals surface area contributed by atoms with Crippen LogP contribution in [0, 0.1) is 13.8 Å². The molecule has 1 aliphatic rings. The highest BCUT2D eigenvalue weighted by atomic mass is 15.2. The second-order valence-electron chi connectivity index (χ2n) is 5.68. The normalized spacial score (nSPS) is 19.6. The van der Waals surface area contributed by atoms with Crippen LogP contribution in [0.4, 0.5) is 0 Å². The number of nitrogens with zero attached hydrogens (tertiary/aromatic N) is 5. The largest absolute Gasteiger partial charge is 0.337 e. The predicted molar refractivity (Wildman–Crippen MR) is 77.3 cm³/mol. The molecule has 0 aliphatic carbocycles. The third-order valence-electron chi connectivity index (χ3n) is 3.92. The third kappa shape index (κ3) is 2.72. The molecule has 1 saturated heterocycles. The number of hydrogen-bond donors (Lipinski definition) is 0. The summed E-state index contributed by atoms with van der Waals surface area (Å²) in [6, 6.07) is 2.03. The van der Waals surface area contributed by atoms with E-state index < -0.39 is 0 Å². The van der Waals surface area contributed by atoms with Crippen molar-refractivity contribution in [3.63, 3.8) is 0 Å². The molecular formula is C15H21N5. The van der Waals surface area contributed by atoms with Gasteiger partial charge in [-0.05, 0) is 32.9 Å². The molecule has 0 amide bonds. The average Bonchev–Trinajstić information content (AvgIpc) is 2.99. The Hall–Kier alpha value is -1.75. The Balaban J connectivity index is 1.69. The van der Waals surface area contributed by atoms with Crippen molar-refractivity contribution in [2.75, 3.05) is 13.1 Å². The monoisotopic (exact) mass is 271 g/mol. The minimum atomic E-state index is 0.453. The number of rotatable bonds is 3. The first-order chi connectivity index (χ1) is 9.61. The van der Waals surface area contributed by atoms with E-state index in [0.29, 0.717) is 5.92 Å². The van der Waals surface area contributed by atoms with Crippen LogP contribution in [-0.4, -0.2) is 37.5 Å². The zero-order valence-corrected chi connectivity index (χ0v) is 12.4. The molecule has 0 unspecified atom stereocenters. The minimum Gasteiger partial charge on any atom is -0.337 e. The SMILES string of the molecule is Cc1cc(C)nc([C@H]2CCN(Cc3nccn3C)C2)n1. The second-order valence-corrected chi connectivity index (χ2v) is 5.68. The van der Waals surface area contributed by atoms with Crippen molar-refractivity contribution in [1.29, 1.82) is 0 Å². The van der Waals surface area contributed by atoms with Gasteiger partial charge in [-0.25, -0.2) is 15.0 Å². The van der Waals surface area contributed by atoms with E-state index in [4.69, 9.17) is 0 Å². The summed E-state index contributed by atoms with van der Waals surface area (Å²) < 4.78 is 2.08. The summed E-state index contributed by atoms with van der Waals surface area (Å²) >= 11 is 0. The zero-order chi connectivity index (χ0) is 14.1. The minimum absolute atomic E-state index is 0.453. The first-order valence-corrected chi connectivity index (χ1v) is 7.12. The Bertz CT molecular complexity index is 584. The molecule has 106 valence electrons. The number of aromatic nitrogens is 4. The highest BCUT2D eigenvalue weighted by Gasteiger charge is 2.26. The first kappa shape index (κ1) is 13.2. The first-order valence-electron chi connectivity index (χ1n) is 7.12. The third-order valence-corrected chi connectivity index (χ3v) is 3.92. The van der Waals surface area contributed by atoms with Crippen molar-refractivity contribution in [2.45, 2.75) is 32.7 Å². The molecule has 2 aromatic heterocycles. The summed E-state index contributed by atoms with van der Waals surface area (Å²) in [7, 11) is 2.04. The lowest BCUT2D eigenvalue weighted by Gasteiger charge is -2.15. The van der Waals surface area contributed by atoms with Crippen LogP contribution in [0.2, 0.25) is 0 Å². The molecule has 3 rings (SSSR count). The molecule has 0 N–H and O–H groups in total. The maximum Gasteiger partial charge on any atom is 0.133 e. The Morgan fingerprint density at radius 2 is 2.00 bits per heavy atom. The molecule has 0 bridgehead atoms. The molecule has 5 heteroatoms. The van der Waals surface area contributed by atoms with E-state index in [2.05, 4.69) is 24.4 Å². The molecule has 0 aromatic carbocycles.